The number of carbonyl (C=O) groups excluding carboxylic acids is 2. The molecule has 8 nitrogen and oxygen atoms in total. The van der Waals surface area contributed by atoms with Crippen LogP contribution in [0.3, 0.4) is 0 Å². The van der Waals surface area contributed by atoms with Crippen LogP contribution in [0.5, 0.6) is 0 Å². The van der Waals surface area contributed by atoms with Crippen molar-refractivity contribution in [2.75, 3.05) is 13.2 Å². The Kier molecular flexibility index (Phi) is 4.92. The van der Waals surface area contributed by atoms with E-state index in [0.717, 1.165) is 0 Å². The maximum Gasteiger partial charge on any atom is 0.471 e. The van der Waals surface area contributed by atoms with Gasteiger partial charge in [0.15, 0.2) is 0 Å². The van der Waals surface area contributed by atoms with Crippen molar-refractivity contribution in [1.29, 1.82) is 0 Å². The first-order valence-electron chi connectivity index (χ1n) is 10.2. The lowest BCUT2D eigenvalue weighted by molar-refractivity contribution is -0.159. The quantitative estimate of drug-likeness (QED) is 0.688. The highest BCUT2D eigenvalue weighted by Crippen LogP contribution is 2.48. The molecular weight excluding hydrogens is 455 g/mol. The van der Waals surface area contributed by atoms with Crippen LogP contribution in [0, 0.1) is 5.92 Å². The van der Waals surface area contributed by atoms with Gasteiger partial charge in [-0.05, 0) is 18.1 Å². The number of amides is 2. The minimum atomic E-state index is -4.79. The fraction of sp³-hybridized carbons (Fsp3) is 0.500. The highest BCUT2D eigenvalue weighted by atomic mass is 19.4. The average Bonchev–Trinajstić information content (AvgIpc) is 3.09. The van der Waals surface area contributed by atoms with Crippen LogP contribution in [-0.2, 0) is 22.3 Å². The second kappa shape index (κ2) is 7.47. The number of rotatable bonds is 4. The summed E-state index contributed by atoms with van der Waals surface area (Å²) in [6.45, 7) is 0.591. The van der Waals surface area contributed by atoms with Crippen molar-refractivity contribution in [3.05, 3.63) is 35.2 Å². The number of aromatic nitrogens is 2. The summed E-state index contributed by atoms with van der Waals surface area (Å²) in [4.78, 5) is 30.1. The van der Waals surface area contributed by atoms with Crippen molar-refractivity contribution in [2.24, 2.45) is 5.92 Å². The van der Waals surface area contributed by atoms with E-state index >= 15 is 0 Å². The molecule has 1 aromatic carbocycles. The topological polar surface area (TPSA) is 97.6 Å². The zero-order valence-corrected chi connectivity index (χ0v) is 16.9. The number of fused-ring (bicyclic) bond motifs is 1. The van der Waals surface area contributed by atoms with Crippen LogP contribution in [0.4, 0.5) is 22.0 Å². The Balaban J connectivity index is 1.34. The van der Waals surface area contributed by atoms with Crippen LogP contribution < -0.4 is 5.32 Å². The number of nitrogens with one attached hydrogen (secondary N) is 1. The van der Waals surface area contributed by atoms with E-state index < -0.39 is 54.2 Å². The molecule has 33 heavy (non-hydrogen) atoms. The Bertz CT molecular complexity index is 1120. The van der Waals surface area contributed by atoms with Gasteiger partial charge in [0.1, 0.15) is 5.92 Å². The van der Waals surface area contributed by atoms with Gasteiger partial charge in [-0.2, -0.15) is 18.2 Å². The van der Waals surface area contributed by atoms with E-state index in [1.54, 1.807) is 6.07 Å². The third kappa shape index (κ3) is 3.94. The predicted octanol–water partition coefficient (Wildman–Crippen LogP) is 2.64. The van der Waals surface area contributed by atoms with E-state index in [0.29, 0.717) is 18.6 Å². The molecule has 0 bridgehead atoms. The Morgan fingerprint density at radius 3 is 2.70 bits per heavy atom. The monoisotopic (exact) mass is 472 g/mol. The van der Waals surface area contributed by atoms with Crippen molar-refractivity contribution < 1.29 is 40.8 Å². The largest absolute Gasteiger partial charge is 0.471 e. The molecule has 176 valence electrons. The van der Waals surface area contributed by atoms with Crippen LogP contribution in [0.25, 0.3) is 11.4 Å². The molecule has 0 radical (unpaired) electrons. The number of hydrogen-bond acceptors (Lipinski definition) is 6. The molecule has 2 aliphatic heterocycles. The van der Waals surface area contributed by atoms with Crippen LogP contribution in [-0.4, -0.2) is 58.1 Å². The molecule has 1 N–H and O–H groups in total. The summed E-state index contributed by atoms with van der Waals surface area (Å²) < 4.78 is 74.4. The first-order chi connectivity index (χ1) is 15.5. The normalized spacial score (nSPS) is 26.3. The molecule has 1 aromatic heterocycles. The number of nitrogens with zero attached hydrogens (tertiary/aromatic N) is 3. The SMILES string of the molecule is O=C(N[C@@H]1CCOC[C@H]1N1Cc2ccc(-c3noc(C(F)(F)F)n3)cc2C1=O)C1CC1(F)F. The van der Waals surface area contributed by atoms with Gasteiger partial charge in [-0.25, -0.2) is 8.78 Å². The predicted molar refractivity (Wildman–Crippen MR) is 98.8 cm³/mol. The van der Waals surface area contributed by atoms with Crippen LogP contribution >= 0.6 is 0 Å². The number of carbonyl (C=O) groups is 2. The Morgan fingerprint density at radius 1 is 1.27 bits per heavy atom. The molecule has 0 spiro atoms. The van der Waals surface area contributed by atoms with Crippen molar-refractivity contribution in [2.45, 2.75) is 43.6 Å². The second-order valence-corrected chi connectivity index (χ2v) is 8.29. The van der Waals surface area contributed by atoms with E-state index in [2.05, 4.69) is 20.0 Å². The molecule has 1 saturated heterocycles. The van der Waals surface area contributed by atoms with Crippen LogP contribution in [0.2, 0.25) is 0 Å². The third-order valence-electron chi connectivity index (χ3n) is 6.07. The highest BCUT2D eigenvalue weighted by molar-refractivity contribution is 5.99. The highest BCUT2D eigenvalue weighted by Gasteiger charge is 2.61. The molecule has 5 rings (SSSR count). The fourth-order valence-corrected chi connectivity index (χ4v) is 4.17. The van der Waals surface area contributed by atoms with Crippen LogP contribution in [0.15, 0.2) is 22.7 Å². The molecule has 3 heterocycles. The number of halogens is 5. The lowest BCUT2D eigenvalue weighted by atomic mass is 10.0. The number of alkyl halides is 5. The van der Waals surface area contributed by atoms with Crippen molar-refractivity contribution in [3.63, 3.8) is 0 Å². The van der Waals surface area contributed by atoms with Crippen LogP contribution in [0.1, 0.15) is 34.7 Å². The fourth-order valence-electron chi connectivity index (χ4n) is 4.17. The number of ether oxygens (including phenoxy) is 1. The molecule has 1 aliphatic carbocycles. The molecule has 3 atom stereocenters. The van der Waals surface area contributed by atoms with Gasteiger partial charge in [0.25, 0.3) is 11.8 Å². The maximum atomic E-state index is 13.3. The van der Waals surface area contributed by atoms with Gasteiger partial charge in [0.2, 0.25) is 11.7 Å². The minimum Gasteiger partial charge on any atom is -0.379 e. The Morgan fingerprint density at radius 2 is 2.03 bits per heavy atom. The average molecular weight is 472 g/mol. The Hall–Kier alpha value is -3.09. The van der Waals surface area contributed by atoms with E-state index in [4.69, 9.17) is 4.74 Å². The lowest BCUT2D eigenvalue weighted by Crippen LogP contribution is -2.57. The summed E-state index contributed by atoms with van der Waals surface area (Å²) in [5, 5.41) is 5.96. The van der Waals surface area contributed by atoms with Gasteiger partial charge in [0.05, 0.1) is 18.7 Å². The number of hydrogen-bond donors (Lipinski definition) is 1. The van der Waals surface area contributed by atoms with Gasteiger partial charge >= 0.3 is 12.1 Å². The molecule has 1 unspecified atom stereocenters. The maximum absolute atomic E-state index is 13.3. The van der Waals surface area contributed by atoms with E-state index in [-0.39, 0.29) is 30.1 Å². The van der Waals surface area contributed by atoms with Crippen molar-refractivity contribution in [1.82, 2.24) is 20.4 Å². The third-order valence-corrected chi connectivity index (χ3v) is 6.07. The van der Waals surface area contributed by atoms with E-state index in [9.17, 15) is 31.5 Å². The summed E-state index contributed by atoms with van der Waals surface area (Å²) in [5.74, 6) is -7.33. The summed E-state index contributed by atoms with van der Waals surface area (Å²) in [6.07, 6.45) is -4.93. The molecule has 2 aromatic rings. The standard InChI is InChI=1S/C20H17F5N4O4/c21-19(22)6-12(19)16(30)26-13-3-4-32-8-14(13)29-7-10-2-1-9(5-11(10)17(29)31)15-27-18(33-28-15)20(23,24)25/h1-2,5,12-14H,3-4,6-8H2,(H,26,30)/t12?,13-,14-/m1/s1. The zero-order chi connectivity index (χ0) is 23.5. The smallest absolute Gasteiger partial charge is 0.379 e. The van der Waals surface area contributed by atoms with Crippen molar-refractivity contribution >= 4 is 11.8 Å². The Labute approximate surface area is 183 Å². The second-order valence-electron chi connectivity index (χ2n) is 8.29. The molecule has 2 amide bonds. The molecular formula is C20H17F5N4O4. The lowest BCUT2D eigenvalue weighted by Gasteiger charge is -2.38. The summed E-state index contributed by atoms with van der Waals surface area (Å²) in [7, 11) is 0. The summed E-state index contributed by atoms with van der Waals surface area (Å²) in [5.41, 5.74) is 1.03. The van der Waals surface area contributed by atoms with E-state index in [1.165, 1.54) is 17.0 Å². The molecule has 2 fully saturated rings. The summed E-state index contributed by atoms with van der Waals surface area (Å²) >= 11 is 0. The molecule has 1 saturated carbocycles. The number of benzene rings is 1. The van der Waals surface area contributed by atoms with Gasteiger partial charge < -0.3 is 19.5 Å². The zero-order valence-electron chi connectivity index (χ0n) is 16.9. The first-order valence-corrected chi connectivity index (χ1v) is 10.2. The van der Waals surface area contributed by atoms with Gasteiger partial charge in [-0.3, -0.25) is 9.59 Å². The first kappa shape index (κ1) is 21.7. The summed E-state index contributed by atoms with van der Waals surface area (Å²) in [6, 6.07) is 3.29. The van der Waals surface area contributed by atoms with Gasteiger partial charge in [0, 0.05) is 30.7 Å². The van der Waals surface area contributed by atoms with Gasteiger partial charge in [-0.1, -0.05) is 17.3 Å². The van der Waals surface area contributed by atoms with E-state index in [1.807, 2.05) is 0 Å². The van der Waals surface area contributed by atoms with Crippen molar-refractivity contribution in [3.8, 4) is 11.4 Å². The minimum absolute atomic E-state index is 0.110. The molecule has 3 aliphatic rings. The van der Waals surface area contributed by atoms with Gasteiger partial charge in [-0.15, -0.1) is 0 Å². The molecule has 13 heteroatoms.